The number of phenolic OH excluding ortho intramolecular Hbond substituents is 2. The molecule has 4 heteroatoms. The van der Waals surface area contributed by atoms with Gasteiger partial charge in [-0.3, -0.25) is 0 Å². The Hall–Kier alpha value is -1.68. The van der Waals surface area contributed by atoms with Gasteiger partial charge in [-0.15, -0.1) is 0 Å². The first kappa shape index (κ1) is 12.8. The highest BCUT2D eigenvalue weighted by Crippen LogP contribution is 2.39. The normalized spacial score (nSPS) is 10.3. The minimum atomic E-state index is -0.0619. The predicted octanol–water partition coefficient (Wildman–Crippen LogP) is 3.57. The molecule has 0 unspecified atom stereocenters. The molecule has 0 amide bonds. The van der Waals surface area contributed by atoms with Crippen LogP contribution in [0.25, 0.3) is 0 Å². The van der Waals surface area contributed by atoms with E-state index in [1.165, 1.54) is 6.07 Å². The highest BCUT2D eigenvalue weighted by atomic mass is 79.9. The second kappa shape index (κ2) is 5.78. The number of rotatable bonds is 4. The summed E-state index contributed by atoms with van der Waals surface area (Å²) in [7, 11) is 0. The van der Waals surface area contributed by atoms with Crippen molar-refractivity contribution in [2.24, 2.45) is 0 Å². The minimum absolute atomic E-state index is 0.0252. The maximum atomic E-state index is 9.93. The number of alkyl halides is 1. The summed E-state index contributed by atoms with van der Waals surface area (Å²) >= 11 is 3.27. The number of aromatic hydroxyl groups is 2. The van der Waals surface area contributed by atoms with E-state index in [-0.39, 0.29) is 17.2 Å². The van der Waals surface area contributed by atoms with Gasteiger partial charge in [-0.05, 0) is 11.6 Å². The average Bonchev–Trinajstić information content (AvgIpc) is 2.40. The van der Waals surface area contributed by atoms with Gasteiger partial charge in [0.15, 0.2) is 11.5 Å². The number of hydrogen-bond donors (Lipinski definition) is 2. The Morgan fingerprint density at radius 1 is 1.00 bits per heavy atom. The van der Waals surface area contributed by atoms with Gasteiger partial charge >= 0.3 is 0 Å². The molecule has 0 saturated heterocycles. The summed E-state index contributed by atoms with van der Waals surface area (Å²) in [6.45, 7) is 0.299. The molecule has 94 valence electrons. The minimum Gasteiger partial charge on any atom is -0.504 e. The number of benzene rings is 2. The van der Waals surface area contributed by atoms with Crippen LogP contribution in [0.1, 0.15) is 11.1 Å². The van der Waals surface area contributed by atoms with E-state index in [1.54, 1.807) is 6.07 Å². The van der Waals surface area contributed by atoms with Crippen LogP contribution in [0.5, 0.6) is 17.2 Å². The van der Waals surface area contributed by atoms with Gasteiger partial charge in [0.05, 0.1) is 0 Å². The summed E-state index contributed by atoms with van der Waals surface area (Å²) in [4.78, 5) is 0. The summed E-state index contributed by atoms with van der Waals surface area (Å²) in [5.74, 6) is 0.0340. The predicted molar refractivity (Wildman–Crippen MR) is 73.2 cm³/mol. The van der Waals surface area contributed by atoms with Gasteiger partial charge in [-0.2, -0.15) is 0 Å². The SMILES string of the molecule is Oc1ccc(CBr)c(O)c1OCc1ccccc1. The molecule has 0 bridgehead atoms. The van der Waals surface area contributed by atoms with Gasteiger partial charge in [0, 0.05) is 10.9 Å². The van der Waals surface area contributed by atoms with Gasteiger partial charge in [-0.1, -0.05) is 52.3 Å². The van der Waals surface area contributed by atoms with Crippen LogP contribution in [0.3, 0.4) is 0 Å². The summed E-state index contributed by atoms with van der Waals surface area (Å²) in [5.41, 5.74) is 1.65. The van der Waals surface area contributed by atoms with Gasteiger partial charge in [-0.25, -0.2) is 0 Å². The van der Waals surface area contributed by atoms with Crippen LogP contribution in [-0.2, 0) is 11.9 Å². The number of phenols is 2. The van der Waals surface area contributed by atoms with Crippen LogP contribution >= 0.6 is 15.9 Å². The number of halogens is 1. The van der Waals surface area contributed by atoms with Crippen molar-refractivity contribution in [1.29, 1.82) is 0 Å². The van der Waals surface area contributed by atoms with Crippen LogP contribution < -0.4 is 4.74 Å². The van der Waals surface area contributed by atoms with Crippen molar-refractivity contribution in [1.82, 2.24) is 0 Å². The molecule has 0 atom stereocenters. The zero-order valence-electron chi connectivity index (χ0n) is 9.64. The maximum absolute atomic E-state index is 9.93. The molecule has 0 aliphatic carbocycles. The van der Waals surface area contributed by atoms with Crippen molar-refractivity contribution in [2.75, 3.05) is 0 Å². The lowest BCUT2D eigenvalue weighted by Crippen LogP contribution is -1.96. The lowest BCUT2D eigenvalue weighted by atomic mass is 10.2. The third-order valence-electron chi connectivity index (χ3n) is 2.56. The van der Waals surface area contributed by atoms with Crippen LogP contribution in [0.15, 0.2) is 42.5 Å². The Kier molecular flexibility index (Phi) is 4.10. The molecule has 0 saturated carbocycles. The van der Waals surface area contributed by atoms with E-state index in [0.29, 0.717) is 17.5 Å². The molecule has 0 radical (unpaired) electrons. The first-order valence-electron chi connectivity index (χ1n) is 5.49. The van der Waals surface area contributed by atoms with Crippen molar-refractivity contribution in [3.05, 3.63) is 53.6 Å². The molecule has 2 aromatic rings. The van der Waals surface area contributed by atoms with Crippen LogP contribution in [0.2, 0.25) is 0 Å². The molecule has 3 nitrogen and oxygen atoms in total. The zero-order valence-corrected chi connectivity index (χ0v) is 11.2. The van der Waals surface area contributed by atoms with Crippen molar-refractivity contribution in [3.8, 4) is 17.2 Å². The maximum Gasteiger partial charge on any atom is 0.203 e. The third kappa shape index (κ3) is 2.76. The number of ether oxygens (including phenoxy) is 1. The Bertz CT molecular complexity index is 526. The first-order chi connectivity index (χ1) is 8.72. The van der Waals surface area contributed by atoms with Crippen molar-refractivity contribution >= 4 is 15.9 Å². The summed E-state index contributed by atoms with van der Waals surface area (Å²) in [5, 5.41) is 20.1. The molecule has 0 aliphatic rings. The molecule has 2 aromatic carbocycles. The van der Waals surface area contributed by atoms with E-state index in [2.05, 4.69) is 15.9 Å². The van der Waals surface area contributed by atoms with E-state index in [9.17, 15) is 10.2 Å². The Morgan fingerprint density at radius 3 is 2.39 bits per heavy atom. The molecular formula is C14H13BrO3. The highest BCUT2D eigenvalue weighted by Gasteiger charge is 2.13. The quantitative estimate of drug-likeness (QED) is 0.849. The van der Waals surface area contributed by atoms with Crippen LogP contribution in [0.4, 0.5) is 0 Å². The van der Waals surface area contributed by atoms with E-state index in [1.807, 2.05) is 30.3 Å². The van der Waals surface area contributed by atoms with Gasteiger partial charge in [0.2, 0.25) is 5.75 Å². The fourth-order valence-electron chi connectivity index (χ4n) is 1.58. The smallest absolute Gasteiger partial charge is 0.203 e. The van der Waals surface area contributed by atoms with Crippen molar-refractivity contribution < 1.29 is 14.9 Å². The van der Waals surface area contributed by atoms with Crippen molar-refractivity contribution in [3.63, 3.8) is 0 Å². The lowest BCUT2D eigenvalue weighted by molar-refractivity contribution is 0.272. The molecular weight excluding hydrogens is 296 g/mol. The molecule has 0 fully saturated rings. The Labute approximate surface area is 114 Å². The fraction of sp³-hybridized carbons (Fsp3) is 0.143. The van der Waals surface area contributed by atoms with Gasteiger partial charge in [0.25, 0.3) is 0 Å². The Morgan fingerprint density at radius 2 is 1.72 bits per heavy atom. The summed E-state index contributed by atoms with van der Waals surface area (Å²) in [6, 6.07) is 12.7. The molecule has 0 heterocycles. The van der Waals surface area contributed by atoms with E-state index in [0.717, 1.165) is 5.56 Å². The largest absolute Gasteiger partial charge is 0.504 e. The monoisotopic (exact) mass is 308 g/mol. The molecule has 0 aromatic heterocycles. The van der Waals surface area contributed by atoms with Gasteiger partial charge < -0.3 is 14.9 Å². The van der Waals surface area contributed by atoms with E-state index in [4.69, 9.17) is 4.74 Å². The average molecular weight is 309 g/mol. The zero-order chi connectivity index (χ0) is 13.0. The van der Waals surface area contributed by atoms with E-state index >= 15 is 0 Å². The standard InChI is InChI=1S/C14H13BrO3/c15-8-11-6-7-12(16)14(13(11)17)18-9-10-4-2-1-3-5-10/h1-7,16-17H,8-9H2. The molecule has 18 heavy (non-hydrogen) atoms. The Balaban J connectivity index is 2.19. The first-order valence-corrected chi connectivity index (χ1v) is 6.61. The third-order valence-corrected chi connectivity index (χ3v) is 3.17. The second-order valence-electron chi connectivity index (χ2n) is 3.83. The number of hydrogen-bond acceptors (Lipinski definition) is 3. The van der Waals surface area contributed by atoms with Crippen LogP contribution in [-0.4, -0.2) is 10.2 Å². The fourth-order valence-corrected chi connectivity index (χ4v) is 2.03. The second-order valence-corrected chi connectivity index (χ2v) is 4.39. The topological polar surface area (TPSA) is 49.7 Å². The van der Waals surface area contributed by atoms with Crippen LogP contribution in [0, 0.1) is 0 Å². The molecule has 0 spiro atoms. The van der Waals surface area contributed by atoms with Crippen molar-refractivity contribution in [2.45, 2.75) is 11.9 Å². The van der Waals surface area contributed by atoms with E-state index < -0.39 is 0 Å². The highest BCUT2D eigenvalue weighted by molar-refractivity contribution is 9.08. The molecule has 0 aliphatic heterocycles. The van der Waals surface area contributed by atoms with Gasteiger partial charge in [0.1, 0.15) is 6.61 Å². The lowest BCUT2D eigenvalue weighted by Gasteiger charge is -2.12. The molecule has 2 rings (SSSR count). The summed E-state index contributed by atoms with van der Waals surface area (Å²) < 4.78 is 5.48. The molecule has 2 N–H and O–H groups in total. The summed E-state index contributed by atoms with van der Waals surface area (Å²) in [6.07, 6.45) is 0.